The van der Waals surface area contributed by atoms with Gasteiger partial charge in [-0.05, 0) is 30.5 Å². The van der Waals surface area contributed by atoms with E-state index in [4.69, 9.17) is 9.84 Å². The second-order valence-corrected chi connectivity index (χ2v) is 6.40. The van der Waals surface area contributed by atoms with Crippen LogP contribution in [0.15, 0.2) is 36.4 Å². The summed E-state index contributed by atoms with van der Waals surface area (Å²) in [6, 6.07) is 8.34. The van der Waals surface area contributed by atoms with Crippen molar-refractivity contribution in [2.24, 2.45) is 7.05 Å². The van der Waals surface area contributed by atoms with Gasteiger partial charge in [-0.2, -0.15) is 10.1 Å². The first-order valence-electron chi connectivity index (χ1n) is 9.08. The van der Waals surface area contributed by atoms with Gasteiger partial charge in [0, 0.05) is 33.2 Å². The average Bonchev–Trinajstić information content (AvgIpc) is 3.03. The van der Waals surface area contributed by atoms with Gasteiger partial charge in [0.05, 0.1) is 6.61 Å². The van der Waals surface area contributed by atoms with Crippen molar-refractivity contribution in [1.29, 1.82) is 0 Å². The largest absolute Gasteiger partial charge is 0.494 e. The molecule has 0 saturated heterocycles. The molecule has 0 spiro atoms. The molecule has 2 heterocycles. The lowest BCUT2D eigenvalue weighted by Gasteiger charge is -2.23. The molecular weight excluding hydrogens is 330 g/mol. The first-order valence-corrected chi connectivity index (χ1v) is 9.08. The number of aryl methyl sites for hydroxylation is 1. The summed E-state index contributed by atoms with van der Waals surface area (Å²) in [4.78, 5) is 6.63. The molecule has 140 valence electrons. The summed E-state index contributed by atoms with van der Waals surface area (Å²) < 4.78 is 7.51. The van der Waals surface area contributed by atoms with Crippen molar-refractivity contribution in [3.05, 3.63) is 47.8 Å². The van der Waals surface area contributed by atoms with Gasteiger partial charge in [0.25, 0.3) is 0 Å². The number of aliphatic hydroxyl groups is 1. The third-order valence-electron chi connectivity index (χ3n) is 4.27. The van der Waals surface area contributed by atoms with Crippen LogP contribution in [0.1, 0.15) is 24.2 Å². The Hall–Kier alpha value is -2.38. The number of rotatable bonds is 9. The van der Waals surface area contributed by atoms with Crippen molar-refractivity contribution in [1.82, 2.24) is 19.7 Å². The van der Waals surface area contributed by atoms with Crippen molar-refractivity contribution in [3.8, 4) is 5.75 Å². The lowest BCUT2D eigenvalue weighted by Crippen LogP contribution is -2.26. The van der Waals surface area contributed by atoms with E-state index in [0.29, 0.717) is 18.4 Å². The quantitative estimate of drug-likeness (QED) is 0.528. The minimum absolute atomic E-state index is 0.150. The molecule has 0 unspecified atom stereocenters. The maximum absolute atomic E-state index is 9.04. The zero-order valence-corrected chi connectivity index (χ0v) is 15.3. The SMILES string of the molecule is Cn1nc(CO)nc1NCCCOc1cccc(CN2CC=CCC2)c1. The molecule has 1 aliphatic heterocycles. The summed E-state index contributed by atoms with van der Waals surface area (Å²) in [7, 11) is 1.80. The van der Waals surface area contributed by atoms with Gasteiger partial charge in [0.1, 0.15) is 12.4 Å². The predicted octanol–water partition coefficient (Wildman–Crippen LogP) is 1.95. The van der Waals surface area contributed by atoms with Gasteiger partial charge in [-0.1, -0.05) is 24.3 Å². The molecule has 7 nitrogen and oxygen atoms in total. The molecule has 0 radical (unpaired) electrons. The Kier molecular flexibility index (Phi) is 6.62. The van der Waals surface area contributed by atoms with Crippen LogP contribution in [0, 0.1) is 0 Å². The third kappa shape index (κ3) is 5.31. The molecule has 1 aromatic carbocycles. The van der Waals surface area contributed by atoms with E-state index >= 15 is 0 Å². The topological polar surface area (TPSA) is 75.4 Å². The van der Waals surface area contributed by atoms with Gasteiger partial charge >= 0.3 is 0 Å². The molecule has 0 amide bonds. The fourth-order valence-corrected chi connectivity index (χ4v) is 2.95. The number of aromatic nitrogens is 3. The Bertz CT molecular complexity index is 728. The van der Waals surface area contributed by atoms with Gasteiger partial charge in [-0.15, -0.1) is 0 Å². The second-order valence-electron chi connectivity index (χ2n) is 6.40. The van der Waals surface area contributed by atoms with Crippen LogP contribution in [0.2, 0.25) is 0 Å². The Morgan fingerprint density at radius 3 is 3.00 bits per heavy atom. The highest BCUT2D eigenvalue weighted by molar-refractivity contribution is 5.28. The highest BCUT2D eigenvalue weighted by atomic mass is 16.5. The van der Waals surface area contributed by atoms with Gasteiger partial charge in [0.15, 0.2) is 5.82 Å². The Balaban J connectivity index is 1.39. The lowest BCUT2D eigenvalue weighted by molar-refractivity contribution is 0.271. The van der Waals surface area contributed by atoms with Gasteiger partial charge in [0.2, 0.25) is 5.95 Å². The molecule has 7 heteroatoms. The number of benzene rings is 1. The maximum atomic E-state index is 9.04. The van der Waals surface area contributed by atoms with Crippen molar-refractivity contribution in [3.63, 3.8) is 0 Å². The van der Waals surface area contributed by atoms with Gasteiger partial charge < -0.3 is 15.2 Å². The Morgan fingerprint density at radius 1 is 1.31 bits per heavy atom. The van der Waals surface area contributed by atoms with Crippen LogP contribution >= 0.6 is 0 Å². The minimum Gasteiger partial charge on any atom is -0.494 e. The summed E-state index contributed by atoms with van der Waals surface area (Å²) in [5.41, 5.74) is 1.28. The molecular formula is C19H27N5O2. The van der Waals surface area contributed by atoms with E-state index in [9.17, 15) is 0 Å². The third-order valence-corrected chi connectivity index (χ3v) is 4.27. The van der Waals surface area contributed by atoms with Crippen molar-refractivity contribution in [2.75, 3.05) is 31.6 Å². The number of nitrogens with zero attached hydrogens (tertiary/aromatic N) is 4. The second kappa shape index (κ2) is 9.35. The van der Waals surface area contributed by atoms with E-state index in [1.807, 2.05) is 6.07 Å². The van der Waals surface area contributed by atoms with E-state index in [1.54, 1.807) is 11.7 Å². The predicted molar refractivity (Wildman–Crippen MR) is 101 cm³/mol. The van der Waals surface area contributed by atoms with Crippen LogP contribution in [0.25, 0.3) is 0 Å². The zero-order chi connectivity index (χ0) is 18.2. The highest BCUT2D eigenvalue weighted by Gasteiger charge is 2.08. The minimum atomic E-state index is -0.150. The summed E-state index contributed by atoms with van der Waals surface area (Å²) in [5.74, 6) is 2.00. The number of hydrogen-bond donors (Lipinski definition) is 2. The molecule has 0 fully saturated rings. The summed E-state index contributed by atoms with van der Waals surface area (Å²) >= 11 is 0. The molecule has 1 aromatic heterocycles. The normalized spacial score (nSPS) is 14.5. The summed E-state index contributed by atoms with van der Waals surface area (Å²) in [6.07, 6.45) is 6.46. The molecule has 26 heavy (non-hydrogen) atoms. The average molecular weight is 357 g/mol. The van der Waals surface area contributed by atoms with E-state index in [0.717, 1.165) is 44.8 Å². The molecule has 3 rings (SSSR count). The summed E-state index contributed by atoms with van der Waals surface area (Å²) in [6.45, 7) is 4.32. The maximum Gasteiger partial charge on any atom is 0.221 e. The van der Waals surface area contributed by atoms with E-state index in [1.165, 1.54) is 5.56 Å². The van der Waals surface area contributed by atoms with Crippen LogP contribution in [-0.2, 0) is 20.2 Å². The fraction of sp³-hybridized carbons (Fsp3) is 0.474. The van der Waals surface area contributed by atoms with Crippen molar-refractivity contribution >= 4 is 5.95 Å². The van der Waals surface area contributed by atoms with Crippen molar-refractivity contribution in [2.45, 2.75) is 26.0 Å². The van der Waals surface area contributed by atoms with Crippen LogP contribution in [-0.4, -0.2) is 51.0 Å². The van der Waals surface area contributed by atoms with E-state index in [2.05, 4.69) is 50.7 Å². The molecule has 2 aromatic rings. The van der Waals surface area contributed by atoms with Gasteiger partial charge in [-0.3, -0.25) is 4.90 Å². The number of nitrogens with one attached hydrogen (secondary N) is 1. The molecule has 0 aliphatic carbocycles. The van der Waals surface area contributed by atoms with Crippen LogP contribution in [0.5, 0.6) is 5.75 Å². The first-order chi connectivity index (χ1) is 12.7. The standard InChI is InChI=1S/C19H27N5O2/c1-23-19(21-18(15-25)22-23)20-9-6-12-26-17-8-5-7-16(13-17)14-24-10-3-2-4-11-24/h2-3,5,7-8,13,25H,4,6,9-12,14-15H2,1H3,(H,20,21,22). The van der Waals surface area contributed by atoms with Crippen LogP contribution < -0.4 is 10.1 Å². The van der Waals surface area contributed by atoms with Crippen LogP contribution in [0.3, 0.4) is 0 Å². The zero-order valence-electron chi connectivity index (χ0n) is 15.3. The lowest BCUT2D eigenvalue weighted by atomic mass is 10.1. The molecule has 0 saturated carbocycles. The van der Waals surface area contributed by atoms with E-state index < -0.39 is 0 Å². The number of hydrogen-bond acceptors (Lipinski definition) is 6. The monoisotopic (exact) mass is 357 g/mol. The number of anilines is 1. The van der Waals surface area contributed by atoms with E-state index in [-0.39, 0.29) is 6.61 Å². The number of ether oxygens (including phenoxy) is 1. The number of aliphatic hydroxyl groups excluding tert-OH is 1. The highest BCUT2D eigenvalue weighted by Crippen LogP contribution is 2.16. The molecule has 2 N–H and O–H groups in total. The first kappa shape index (κ1) is 18.4. The van der Waals surface area contributed by atoms with Gasteiger partial charge in [-0.25, -0.2) is 4.68 Å². The molecule has 0 atom stereocenters. The summed E-state index contributed by atoms with van der Waals surface area (Å²) in [5, 5.41) is 16.3. The smallest absolute Gasteiger partial charge is 0.221 e. The Morgan fingerprint density at radius 2 is 2.23 bits per heavy atom. The van der Waals surface area contributed by atoms with Crippen LogP contribution in [0.4, 0.5) is 5.95 Å². The fourth-order valence-electron chi connectivity index (χ4n) is 2.95. The van der Waals surface area contributed by atoms with Crippen molar-refractivity contribution < 1.29 is 9.84 Å². The molecule has 0 bridgehead atoms. The Labute approximate surface area is 154 Å². The molecule has 1 aliphatic rings.